The number of aromatic nitrogens is 3. The van der Waals surface area contributed by atoms with Crippen molar-refractivity contribution in [3.8, 4) is 0 Å². The number of amides is 1. The minimum atomic E-state index is -4.56. The fraction of sp³-hybridized carbons (Fsp3) is 0.385. The van der Waals surface area contributed by atoms with E-state index in [0.717, 1.165) is 5.56 Å². The number of halogens is 4. The van der Waals surface area contributed by atoms with Crippen LogP contribution in [0, 0.1) is 5.82 Å². The van der Waals surface area contributed by atoms with Crippen molar-refractivity contribution in [2.24, 2.45) is 0 Å². The zero-order valence-electron chi connectivity index (χ0n) is 20.3. The SMILES string of the molecule is CC[C@H](NC(=O)c1cc(C(=O)C[C@H](C)c2ccc(F)cc2)n2c1COCC2)c1ncc(C(F)(F)F)cn1. The van der Waals surface area contributed by atoms with Gasteiger partial charge in [0.2, 0.25) is 0 Å². The van der Waals surface area contributed by atoms with Gasteiger partial charge in [0.05, 0.1) is 41.8 Å². The number of ketones is 1. The zero-order valence-corrected chi connectivity index (χ0v) is 20.3. The van der Waals surface area contributed by atoms with Crippen LogP contribution in [0.4, 0.5) is 17.6 Å². The van der Waals surface area contributed by atoms with Crippen molar-refractivity contribution in [3.63, 3.8) is 0 Å². The lowest BCUT2D eigenvalue weighted by Gasteiger charge is -2.20. The quantitative estimate of drug-likeness (QED) is 0.326. The molecule has 1 aromatic carbocycles. The number of hydrogen-bond acceptors (Lipinski definition) is 5. The summed E-state index contributed by atoms with van der Waals surface area (Å²) >= 11 is 0. The van der Waals surface area contributed by atoms with E-state index in [1.807, 2.05) is 6.92 Å². The summed E-state index contributed by atoms with van der Waals surface area (Å²) in [5.74, 6) is -1.15. The van der Waals surface area contributed by atoms with Crippen LogP contribution < -0.4 is 5.32 Å². The second-order valence-corrected chi connectivity index (χ2v) is 8.94. The van der Waals surface area contributed by atoms with Crippen molar-refractivity contribution < 1.29 is 31.9 Å². The van der Waals surface area contributed by atoms with E-state index >= 15 is 0 Å². The first-order valence-corrected chi connectivity index (χ1v) is 11.9. The number of fused-ring (bicyclic) bond motifs is 1. The van der Waals surface area contributed by atoms with Crippen LogP contribution >= 0.6 is 0 Å². The van der Waals surface area contributed by atoms with Crippen LogP contribution in [0.5, 0.6) is 0 Å². The van der Waals surface area contributed by atoms with Gasteiger partial charge in [0.25, 0.3) is 5.91 Å². The molecule has 1 aliphatic rings. The summed E-state index contributed by atoms with van der Waals surface area (Å²) in [6.07, 6.45) is -2.70. The number of benzene rings is 1. The van der Waals surface area contributed by atoms with Gasteiger partial charge in [0.1, 0.15) is 11.6 Å². The molecule has 11 heteroatoms. The number of nitrogens with zero attached hydrogens (tertiary/aromatic N) is 3. The molecule has 37 heavy (non-hydrogen) atoms. The molecule has 0 bridgehead atoms. The van der Waals surface area contributed by atoms with Gasteiger partial charge in [0, 0.05) is 25.4 Å². The molecule has 0 radical (unpaired) electrons. The highest BCUT2D eigenvalue weighted by Gasteiger charge is 2.32. The number of Topliss-reactive ketones (excluding diaryl/α,β-unsaturated/α-hetero) is 1. The van der Waals surface area contributed by atoms with Crippen LogP contribution in [0.1, 0.15) is 82.1 Å². The van der Waals surface area contributed by atoms with Crippen molar-refractivity contribution in [1.82, 2.24) is 19.9 Å². The number of alkyl halides is 3. The lowest BCUT2D eigenvalue weighted by molar-refractivity contribution is -0.138. The molecule has 0 spiro atoms. The third-order valence-corrected chi connectivity index (χ3v) is 6.39. The zero-order chi connectivity index (χ0) is 26.7. The lowest BCUT2D eigenvalue weighted by Crippen LogP contribution is -2.31. The maximum absolute atomic E-state index is 13.3. The smallest absolute Gasteiger partial charge is 0.373 e. The summed E-state index contributed by atoms with van der Waals surface area (Å²) in [6.45, 7) is 4.53. The minimum Gasteiger partial charge on any atom is -0.373 e. The first kappa shape index (κ1) is 26.5. The third-order valence-electron chi connectivity index (χ3n) is 6.39. The molecule has 1 N–H and O–H groups in total. The topological polar surface area (TPSA) is 86.1 Å². The second kappa shape index (κ2) is 10.8. The van der Waals surface area contributed by atoms with Gasteiger partial charge in [-0.15, -0.1) is 0 Å². The number of carbonyl (C=O) groups is 2. The molecule has 0 aliphatic carbocycles. The van der Waals surface area contributed by atoms with Crippen LogP contribution in [0.2, 0.25) is 0 Å². The van der Waals surface area contributed by atoms with Crippen molar-refractivity contribution in [2.75, 3.05) is 6.61 Å². The van der Waals surface area contributed by atoms with E-state index in [2.05, 4.69) is 15.3 Å². The molecule has 3 heterocycles. The summed E-state index contributed by atoms with van der Waals surface area (Å²) in [5, 5.41) is 2.77. The van der Waals surface area contributed by atoms with Gasteiger partial charge < -0.3 is 14.6 Å². The molecular weight excluding hydrogens is 492 g/mol. The van der Waals surface area contributed by atoms with E-state index in [4.69, 9.17) is 4.74 Å². The number of hydrogen-bond donors (Lipinski definition) is 1. The van der Waals surface area contributed by atoms with Gasteiger partial charge >= 0.3 is 6.18 Å². The number of rotatable bonds is 8. The molecule has 4 rings (SSSR count). The molecular formula is C26H26F4N4O3. The average Bonchev–Trinajstić information content (AvgIpc) is 3.27. The van der Waals surface area contributed by atoms with Crippen molar-refractivity contribution in [1.29, 1.82) is 0 Å². The van der Waals surface area contributed by atoms with Crippen LogP contribution in [-0.2, 0) is 24.1 Å². The van der Waals surface area contributed by atoms with Crippen LogP contribution in [0.3, 0.4) is 0 Å². The highest BCUT2D eigenvalue weighted by atomic mass is 19.4. The molecule has 3 aromatic rings. The lowest BCUT2D eigenvalue weighted by atomic mass is 9.94. The standard InChI is InChI=1S/C26H26F4N4O3/c1-3-20(24-31-12-17(13-32-24)26(28,29)30)33-25(36)19-11-21(34-8-9-37-14-22(19)34)23(35)10-15(2)16-4-6-18(27)7-5-16/h4-7,11-13,15,20H,3,8-10,14H2,1-2H3,(H,33,36)/t15-,20-/m0/s1. The Balaban J connectivity index is 1.54. The van der Waals surface area contributed by atoms with Crippen molar-refractivity contribution in [3.05, 3.63) is 82.4 Å². The van der Waals surface area contributed by atoms with Crippen LogP contribution in [0.15, 0.2) is 42.7 Å². The molecule has 196 valence electrons. The molecule has 0 saturated heterocycles. The normalized spacial score (nSPS) is 15.1. The number of ether oxygens (including phenoxy) is 1. The molecule has 2 aromatic heterocycles. The van der Waals surface area contributed by atoms with Crippen LogP contribution in [-0.4, -0.2) is 32.8 Å². The van der Waals surface area contributed by atoms with E-state index < -0.39 is 23.7 Å². The Kier molecular flexibility index (Phi) is 7.72. The van der Waals surface area contributed by atoms with E-state index in [-0.39, 0.29) is 41.9 Å². The van der Waals surface area contributed by atoms with Crippen molar-refractivity contribution >= 4 is 11.7 Å². The summed E-state index contributed by atoms with van der Waals surface area (Å²) < 4.78 is 59.1. The number of nitrogens with one attached hydrogen (secondary N) is 1. The molecule has 0 fully saturated rings. The Hall–Kier alpha value is -3.60. The van der Waals surface area contributed by atoms with E-state index in [9.17, 15) is 27.2 Å². The predicted octanol–water partition coefficient (Wildman–Crippen LogP) is 5.22. The van der Waals surface area contributed by atoms with Gasteiger partial charge in [-0.25, -0.2) is 14.4 Å². The van der Waals surface area contributed by atoms with E-state index in [1.54, 1.807) is 23.6 Å². The molecule has 0 unspecified atom stereocenters. The van der Waals surface area contributed by atoms with E-state index in [0.29, 0.717) is 43.4 Å². The Morgan fingerprint density at radius 1 is 1.16 bits per heavy atom. The fourth-order valence-electron chi connectivity index (χ4n) is 4.29. The molecule has 1 amide bonds. The Morgan fingerprint density at radius 2 is 1.84 bits per heavy atom. The first-order chi connectivity index (χ1) is 17.6. The molecule has 1 aliphatic heterocycles. The monoisotopic (exact) mass is 518 g/mol. The summed E-state index contributed by atoms with van der Waals surface area (Å²) in [7, 11) is 0. The van der Waals surface area contributed by atoms with Gasteiger partial charge in [-0.3, -0.25) is 9.59 Å². The Bertz CT molecular complexity index is 1270. The Labute approximate surface area is 210 Å². The summed E-state index contributed by atoms with van der Waals surface area (Å²) in [4.78, 5) is 34.1. The van der Waals surface area contributed by atoms with Crippen molar-refractivity contribution in [2.45, 2.75) is 58.0 Å². The first-order valence-electron chi connectivity index (χ1n) is 11.9. The second-order valence-electron chi connectivity index (χ2n) is 8.94. The van der Waals surface area contributed by atoms with Crippen LogP contribution in [0.25, 0.3) is 0 Å². The fourth-order valence-corrected chi connectivity index (χ4v) is 4.29. The predicted molar refractivity (Wildman–Crippen MR) is 125 cm³/mol. The summed E-state index contributed by atoms with van der Waals surface area (Å²) in [5.41, 5.74) is 1.02. The molecule has 0 saturated carbocycles. The summed E-state index contributed by atoms with van der Waals surface area (Å²) in [6, 6.07) is 6.77. The maximum atomic E-state index is 13.3. The largest absolute Gasteiger partial charge is 0.419 e. The highest BCUT2D eigenvalue weighted by Crippen LogP contribution is 2.29. The minimum absolute atomic E-state index is 0.0533. The van der Waals surface area contributed by atoms with Gasteiger partial charge in [0.15, 0.2) is 5.78 Å². The van der Waals surface area contributed by atoms with Gasteiger partial charge in [-0.05, 0) is 36.1 Å². The maximum Gasteiger partial charge on any atom is 0.419 e. The number of carbonyl (C=O) groups excluding carboxylic acids is 2. The average molecular weight is 519 g/mol. The van der Waals surface area contributed by atoms with Gasteiger partial charge in [-0.1, -0.05) is 26.0 Å². The highest BCUT2D eigenvalue weighted by molar-refractivity contribution is 6.01. The molecule has 2 atom stereocenters. The molecule has 7 nitrogen and oxygen atoms in total. The third kappa shape index (κ3) is 5.87. The Morgan fingerprint density at radius 3 is 2.46 bits per heavy atom. The van der Waals surface area contributed by atoms with Gasteiger partial charge in [-0.2, -0.15) is 13.2 Å². The van der Waals surface area contributed by atoms with E-state index in [1.165, 1.54) is 18.2 Å².